The van der Waals surface area contributed by atoms with Crippen LogP contribution in [0.3, 0.4) is 0 Å². The minimum absolute atomic E-state index is 0.416. The van der Waals surface area contributed by atoms with Gasteiger partial charge in [-0.25, -0.2) is 4.79 Å². The second kappa shape index (κ2) is 6.16. The van der Waals surface area contributed by atoms with Gasteiger partial charge in [0.05, 0.1) is 0 Å². The zero-order valence-electron chi connectivity index (χ0n) is 12.3. The van der Waals surface area contributed by atoms with Crippen LogP contribution in [0.5, 0.6) is 0 Å². The molecule has 0 heterocycles. The first-order valence-electron chi connectivity index (χ1n) is 7.38. The van der Waals surface area contributed by atoms with Gasteiger partial charge in [-0.2, -0.15) is 0 Å². The van der Waals surface area contributed by atoms with Crippen molar-refractivity contribution < 1.29 is 14.7 Å². The fourth-order valence-electron chi connectivity index (χ4n) is 2.97. The number of primary amides is 1. The summed E-state index contributed by atoms with van der Waals surface area (Å²) in [5.74, 6) is -0.675. The highest BCUT2D eigenvalue weighted by Crippen LogP contribution is 2.36. The molecule has 0 aromatic heterocycles. The van der Waals surface area contributed by atoms with Gasteiger partial charge in [-0.15, -0.1) is 0 Å². The van der Waals surface area contributed by atoms with Crippen molar-refractivity contribution in [1.82, 2.24) is 0 Å². The van der Waals surface area contributed by atoms with Gasteiger partial charge in [0.25, 0.3) is 0 Å². The van der Waals surface area contributed by atoms with E-state index in [4.69, 9.17) is 5.73 Å². The average molecular weight is 290 g/mol. The summed E-state index contributed by atoms with van der Waals surface area (Å²) in [5, 5.41) is 12.8. The summed E-state index contributed by atoms with van der Waals surface area (Å²) in [5.41, 5.74) is 5.42. The predicted molar refractivity (Wildman–Crippen MR) is 81.2 cm³/mol. The van der Waals surface area contributed by atoms with E-state index in [2.05, 4.69) is 12.2 Å². The molecule has 1 aliphatic rings. The van der Waals surface area contributed by atoms with E-state index in [0.29, 0.717) is 30.0 Å². The van der Waals surface area contributed by atoms with Crippen LogP contribution in [0.4, 0.5) is 5.69 Å². The molecule has 21 heavy (non-hydrogen) atoms. The van der Waals surface area contributed by atoms with Crippen molar-refractivity contribution in [3.05, 3.63) is 29.8 Å². The van der Waals surface area contributed by atoms with Crippen LogP contribution in [0.2, 0.25) is 0 Å². The molecule has 0 radical (unpaired) electrons. The van der Waals surface area contributed by atoms with Gasteiger partial charge in [-0.3, -0.25) is 4.79 Å². The van der Waals surface area contributed by atoms with Crippen LogP contribution in [0, 0.1) is 5.92 Å². The number of aliphatic carboxylic acids is 1. The molecule has 2 rings (SSSR count). The molecule has 1 aliphatic carbocycles. The normalized spacial score (nSPS) is 25.3. The molecule has 5 heteroatoms. The minimum Gasteiger partial charge on any atom is -0.480 e. The molecule has 0 bridgehead atoms. The number of hydrogen-bond acceptors (Lipinski definition) is 3. The highest BCUT2D eigenvalue weighted by molar-refractivity contribution is 5.93. The molecule has 4 N–H and O–H groups in total. The quantitative estimate of drug-likeness (QED) is 0.777. The molecule has 1 amide bonds. The Hall–Kier alpha value is -2.04. The summed E-state index contributed by atoms with van der Waals surface area (Å²) in [7, 11) is 0. The van der Waals surface area contributed by atoms with Gasteiger partial charge >= 0.3 is 5.97 Å². The van der Waals surface area contributed by atoms with Crippen molar-refractivity contribution in [3.8, 4) is 0 Å². The Kier molecular flexibility index (Phi) is 4.50. The third kappa shape index (κ3) is 3.35. The van der Waals surface area contributed by atoms with Gasteiger partial charge in [0.15, 0.2) is 0 Å². The van der Waals surface area contributed by atoms with Gasteiger partial charge in [0.2, 0.25) is 5.91 Å². The maximum absolute atomic E-state index is 11.7. The Morgan fingerprint density at radius 3 is 2.29 bits per heavy atom. The molecule has 5 nitrogen and oxygen atoms in total. The Morgan fingerprint density at radius 1 is 1.29 bits per heavy atom. The van der Waals surface area contributed by atoms with E-state index in [0.717, 1.165) is 19.3 Å². The lowest BCUT2D eigenvalue weighted by atomic mass is 9.75. The molecule has 1 aromatic rings. The highest BCUT2D eigenvalue weighted by Gasteiger charge is 2.41. The summed E-state index contributed by atoms with van der Waals surface area (Å²) >= 11 is 0. The summed E-state index contributed by atoms with van der Waals surface area (Å²) in [6.07, 6.45) is 4.20. The van der Waals surface area contributed by atoms with Gasteiger partial charge < -0.3 is 16.2 Å². The Morgan fingerprint density at radius 2 is 1.86 bits per heavy atom. The summed E-state index contributed by atoms with van der Waals surface area (Å²) in [6, 6.07) is 6.63. The lowest BCUT2D eigenvalue weighted by Gasteiger charge is -2.38. The van der Waals surface area contributed by atoms with Crippen LogP contribution in [0.1, 0.15) is 49.4 Å². The first kappa shape index (κ1) is 15.4. The standard InChI is InChI=1S/C16H22N2O3/c1-2-11-7-9-16(10-8-11,15(20)21)18-13-5-3-12(4-6-13)14(17)19/h3-6,11,18H,2,7-10H2,1H3,(H2,17,19)(H,20,21). The predicted octanol–water partition coefficient (Wildman–Crippen LogP) is 2.62. The summed E-state index contributed by atoms with van der Waals surface area (Å²) in [6.45, 7) is 2.15. The van der Waals surface area contributed by atoms with Crippen molar-refractivity contribution in [2.75, 3.05) is 5.32 Å². The second-order valence-electron chi connectivity index (χ2n) is 5.81. The lowest BCUT2D eigenvalue weighted by molar-refractivity contribution is -0.143. The molecule has 0 aliphatic heterocycles. The number of carboxylic acid groups (broad SMARTS) is 1. The van der Waals surface area contributed by atoms with Crippen molar-refractivity contribution in [2.24, 2.45) is 11.7 Å². The number of nitrogens with two attached hydrogens (primary N) is 1. The Balaban J connectivity index is 2.13. The van der Waals surface area contributed by atoms with Gasteiger partial charge in [0.1, 0.15) is 5.54 Å². The molecule has 1 aromatic carbocycles. The number of carboxylic acids is 1. The number of hydrogen-bond donors (Lipinski definition) is 3. The monoisotopic (exact) mass is 290 g/mol. The van der Waals surface area contributed by atoms with Crippen molar-refractivity contribution in [2.45, 2.75) is 44.6 Å². The maximum atomic E-state index is 11.7. The number of benzene rings is 1. The largest absolute Gasteiger partial charge is 0.480 e. The molecule has 1 fully saturated rings. The molecule has 0 unspecified atom stereocenters. The fourth-order valence-corrected chi connectivity index (χ4v) is 2.97. The first-order chi connectivity index (χ1) is 9.97. The molecular formula is C16H22N2O3. The zero-order valence-corrected chi connectivity index (χ0v) is 12.3. The number of carbonyl (C=O) groups excluding carboxylic acids is 1. The van der Waals surface area contributed by atoms with E-state index in [1.54, 1.807) is 24.3 Å². The molecule has 114 valence electrons. The second-order valence-corrected chi connectivity index (χ2v) is 5.81. The Bertz CT molecular complexity index is 517. The number of nitrogens with one attached hydrogen (secondary N) is 1. The number of carbonyl (C=O) groups is 2. The average Bonchev–Trinajstić information content (AvgIpc) is 2.48. The summed E-state index contributed by atoms with van der Waals surface area (Å²) in [4.78, 5) is 22.8. The number of anilines is 1. The SMILES string of the molecule is CCC1CCC(Nc2ccc(C(N)=O)cc2)(C(=O)O)CC1. The van der Waals surface area contributed by atoms with E-state index in [1.165, 1.54) is 0 Å². The van der Waals surface area contributed by atoms with Crippen LogP contribution >= 0.6 is 0 Å². The maximum Gasteiger partial charge on any atom is 0.329 e. The Labute approximate surface area is 124 Å². The van der Waals surface area contributed by atoms with E-state index in [-0.39, 0.29) is 0 Å². The third-order valence-electron chi connectivity index (χ3n) is 4.50. The van der Waals surface area contributed by atoms with E-state index in [9.17, 15) is 14.7 Å². The minimum atomic E-state index is -0.903. The zero-order chi connectivity index (χ0) is 15.5. The fraction of sp³-hybridized carbons (Fsp3) is 0.500. The van der Waals surface area contributed by atoms with Gasteiger partial charge in [-0.1, -0.05) is 13.3 Å². The van der Waals surface area contributed by atoms with Crippen LogP contribution in [0.25, 0.3) is 0 Å². The molecular weight excluding hydrogens is 268 g/mol. The lowest BCUT2D eigenvalue weighted by Crippen LogP contribution is -2.49. The van der Waals surface area contributed by atoms with Crippen LogP contribution in [-0.2, 0) is 4.79 Å². The molecule has 0 saturated heterocycles. The molecule has 0 atom stereocenters. The number of amides is 1. The van der Waals surface area contributed by atoms with Crippen molar-refractivity contribution in [3.63, 3.8) is 0 Å². The topological polar surface area (TPSA) is 92.4 Å². The molecule has 1 saturated carbocycles. The first-order valence-corrected chi connectivity index (χ1v) is 7.38. The highest BCUT2D eigenvalue weighted by atomic mass is 16.4. The smallest absolute Gasteiger partial charge is 0.329 e. The molecule has 0 spiro atoms. The van der Waals surface area contributed by atoms with Crippen molar-refractivity contribution >= 4 is 17.6 Å². The third-order valence-corrected chi connectivity index (χ3v) is 4.50. The van der Waals surface area contributed by atoms with Crippen LogP contribution in [0.15, 0.2) is 24.3 Å². The van der Waals surface area contributed by atoms with E-state index >= 15 is 0 Å². The van der Waals surface area contributed by atoms with Crippen LogP contribution in [-0.4, -0.2) is 22.5 Å². The van der Waals surface area contributed by atoms with E-state index < -0.39 is 17.4 Å². The van der Waals surface area contributed by atoms with Crippen LogP contribution < -0.4 is 11.1 Å². The van der Waals surface area contributed by atoms with Gasteiger partial charge in [-0.05, 0) is 55.9 Å². The van der Waals surface area contributed by atoms with Crippen molar-refractivity contribution in [1.29, 1.82) is 0 Å². The summed E-state index contributed by atoms with van der Waals surface area (Å²) < 4.78 is 0. The van der Waals surface area contributed by atoms with E-state index in [1.807, 2.05) is 0 Å². The number of rotatable bonds is 5. The van der Waals surface area contributed by atoms with Gasteiger partial charge in [0, 0.05) is 11.3 Å².